The van der Waals surface area contributed by atoms with Crippen LogP contribution in [0.4, 0.5) is 11.6 Å². The molecule has 7 heteroatoms. The molecule has 1 saturated carbocycles. The number of fused-ring (bicyclic) bond motifs is 2. The van der Waals surface area contributed by atoms with Crippen LogP contribution in [0.2, 0.25) is 0 Å². The minimum absolute atomic E-state index is 0.564. The summed E-state index contributed by atoms with van der Waals surface area (Å²) in [5, 5.41) is 12.1. The Labute approximate surface area is 138 Å². The van der Waals surface area contributed by atoms with E-state index >= 15 is 0 Å². The van der Waals surface area contributed by atoms with Gasteiger partial charge < -0.3 is 9.88 Å². The number of nitrogens with zero attached hydrogens (tertiary/aromatic N) is 5. The molecule has 0 amide bonds. The molecule has 4 aromatic rings. The van der Waals surface area contributed by atoms with Crippen molar-refractivity contribution in [2.75, 3.05) is 5.32 Å². The van der Waals surface area contributed by atoms with Crippen LogP contribution in [0.5, 0.6) is 0 Å². The summed E-state index contributed by atoms with van der Waals surface area (Å²) in [6.45, 7) is 0. The van der Waals surface area contributed by atoms with Gasteiger partial charge in [0.25, 0.3) is 0 Å². The van der Waals surface area contributed by atoms with Crippen molar-refractivity contribution in [1.29, 1.82) is 0 Å². The number of rotatable bonds is 3. The van der Waals surface area contributed by atoms with Gasteiger partial charge >= 0.3 is 0 Å². The summed E-state index contributed by atoms with van der Waals surface area (Å²) in [6, 6.07) is 4.64. The molecule has 5 rings (SSSR count). The Morgan fingerprint density at radius 1 is 1.08 bits per heavy atom. The predicted molar refractivity (Wildman–Crippen MR) is 92.2 cm³/mol. The lowest BCUT2D eigenvalue weighted by atomic mass is 10.2. The molecule has 7 nitrogen and oxygen atoms in total. The van der Waals surface area contributed by atoms with Crippen molar-refractivity contribution in [2.45, 2.75) is 31.7 Å². The van der Waals surface area contributed by atoms with Crippen LogP contribution in [0.1, 0.15) is 31.7 Å². The number of hydrogen-bond donors (Lipinski definition) is 2. The van der Waals surface area contributed by atoms with Crippen LogP contribution in [0.3, 0.4) is 0 Å². The average Bonchev–Trinajstić information content (AvgIpc) is 3.34. The molecule has 0 aliphatic heterocycles. The normalized spacial score (nSPS) is 15.5. The number of aromatic nitrogens is 6. The zero-order chi connectivity index (χ0) is 15.9. The number of nitrogens with one attached hydrogen (secondary N) is 2. The number of H-pyrrole nitrogens is 1. The van der Waals surface area contributed by atoms with Gasteiger partial charge in [0, 0.05) is 29.2 Å². The maximum absolute atomic E-state index is 4.73. The fourth-order valence-electron chi connectivity index (χ4n) is 3.51. The Bertz CT molecular complexity index is 1010. The Kier molecular flexibility index (Phi) is 2.97. The second-order valence-corrected chi connectivity index (χ2v) is 6.29. The van der Waals surface area contributed by atoms with Gasteiger partial charge in [0.2, 0.25) is 5.95 Å². The zero-order valence-electron chi connectivity index (χ0n) is 13.1. The number of anilines is 2. The summed E-state index contributed by atoms with van der Waals surface area (Å²) in [7, 11) is 0. The molecule has 0 bridgehead atoms. The largest absolute Gasteiger partial charge is 0.329 e. The molecule has 1 aliphatic rings. The maximum Gasteiger partial charge on any atom is 0.229 e. The van der Waals surface area contributed by atoms with Gasteiger partial charge in [-0.25, -0.2) is 9.97 Å². The lowest BCUT2D eigenvalue weighted by Crippen LogP contribution is -2.05. The summed E-state index contributed by atoms with van der Waals surface area (Å²) in [5.74, 6) is 0.588. The predicted octanol–water partition coefficient (Wildman–Crippen LogP) is 3.56. The molecular weight excluding hydrogens is 302 g/mol. The van der Waals surface area contributed by atoms with E-state index in [2.05, 4.69) is 42.3 Å². The summed E-state index contributed by atoms with van der Waals surface area (Å²) in [6.07, 6.45) is 12.6. The molecule has 1 aliphatic carbocycles. The van der Waals surface area contributed by atoms with Crippen molar-refractivity contribution in [2.24, 2.45) is 0 Å². The molecule has 4 aromatic heterocycles. The Hall–Kier alpha value is -2.96. The number of pyridine rings is 1. The standard InChI is InChI=1S/C17H17N7/c1-2-4-14(3-1)24-6-5-11-8-19-17(22-16(11)24)21-13-7-12-9-20-23-15(12)18-10-13/h5-10,14H,1-4H2,(H,18,20,23)(H,19,21,22). The van der Waals surface area contributed by atoms with Gasteiger partial charge in [-0.05, 0) is 25.0 Å². The van der Waals surface area contributed by atoms with E-state index < -0.39 is 0 Å². The molecule has 2 N–H and O–H groups in total. The molecule has 0 spiro atoms. The van der Waals surface area contributed by atoms with Crippen molar-refractivity contribution >= 4 is 33.7 Å². The van der Waals surface area contributed by atoms with Crippen LogP contribution in [-0.4, -0.2) is 29.7 Å². The van der Waals surface area contributed by atoms with Crippen molar-refractivity contribution < 1.29 is 0 Å². The van der Waals surface area contributed by atoms with E-state index in [1.807, 2.05) is 12.3 Å². The first-order chi connectivity index (χ1) is 11.9. The summed E-state index contributed by atoms with van der Waals surface area (Å²) < 4.78 is 2.30. The number of aromatic amines is 1. The monoisotopic (exact) mass is 319 g/mol. The molecule has 1 fully saturated rings. The summed E-state index contributed by atoms with van der Waals surface area (Å²) >= 11 is 0. The third-order valence-corrected chi connectivity index (χ3v) is 4.72. The quantitative estimate of drug-likeness (QED) is 0.603. The smallest absolute Gasteiger partial charge is 0.229 e. The van der Waals surface area contributed by atoms with Gasteiger partial charge in [-0.15, -0.1) is 0 Å². The van der Waals surface area contributed by atoms with E-state index in [9.17, 15) is 0 Å². The SMILES string of the molecule is c1nc2[nH]ncc2cc1Nc1ncc2ccn(C3CCCC3)c2n1. The fraction of sp³-hybridized carbons (Fsp3) is 0.294. The van der Waals surface area contributed by atoms with Crippen molar-refractivity contribution in [3.05, 3.63) is 36.9 Å². The summed E-state index contributed by atoms with van der Waals surface area (Å²) in [4.78, 5) is 13.5. The second kappa shape index (κ2) is 5.30. The Morgan fingerprint density at radius 3 is 2.92 bits per heavy atom. The second-order valence-electron chi connectivity index (χ2n) is 6.29. The highest BCUT2D eigenvalue weighted by Crippen LogP contribution is 2.32. The topological polar surface area (TPSA) is 84.3 Å². The van der Waals surface area contributed by atoms with E-state index in [0.717, 1.165) is 27.8 Å². The highest BCUT2D eigenvalue weighted by molar-refractivity contribution is 5.80. The molecule has 120 valence electrons. The molecule has 0 unspecified atom stereocenters. The van der Waals surface area contributed by atoms with Crippen LogP contribution in [0.15, 0.2) is 36.9 Å². The van der Waals surface area contributed by atoms with Gasteiger partial charge in [0.05, 0.1) is 18.1 Å². The molecule has 4 heterocycles. The van der Waals surface area contributed by atoms with E-state index in [-0.39, 0.29) is 0 Å². The fourth-order valence-corrected chi connectivity index (χ4v) is 3.51. The average molecular weight is 319 g/mol. The number of hydrogen-bond acceptors (Lipinski definition) is 5. The molecule has 0 radical (unpaired) electrons. The van der Waals surface area contributed by atoms with Gasteiger partial charge in [-0.2, -0.15) is 10.1 Å². The molecule has 0 atom stereocenters. The maximum atomic E-state index is 4.73. The third kappa shape index (κ3) is 2.20. The first-order valence-electron chi connectivity index (χ1n) is 8.26. The van der Waals surface area contributed by atoms with E-state index in [1.54, 1.807) is 12.4 Å². The highest BCUT2D eigenvalue weighted by atomic mass is 15.2. The van der Waals surface area contributed by atoms with Crippen molar-refractivity contribution in [3.63, 3.8) is 0 Å². The highest BCUT2D eigenvalue weighted by Gasteiger charge is 2.19. The molecule has 0 aromatic carbocycles. The van der Waals surface area contributed by atoms with Gasteiger partial charge in [0.15, 0.2) is 5.65 Å². The minimum Gasteiger partial charge on any atom is -0.329 e. The van der Waals surface area contributed by atoms with Crippen molar-refractivity contribution in [3.8, 4) is 0 Å². The van der Waals surface area contributed by atoms with Crippen LogP contribution in [0, 0.1) is 0 Å². The van der Waals surface area contributed by atoms with Crippen LogP contribution < -0.4 is 5.32 Å². The van der Waals surface area contributed by atoms with Crippen LogP contribution in [-0.2, 0) is 0 Å². The Balaban J connectivity index is 1.50. The molecular formula is C17H17N7. The Morgan fingerprint density at radius 2 is 2.00 bits per heavy atom. The lowest BCUT2D eigenvalue weighted by Gasteiger charge is -2.13. The van der Waals surface area contributed by atoms with E-state index in [4.69, 9.17) is 4.98 Å². The molecule has 24 heavy (non-hydrogen) atoms. The first-order valence-corrected chi connectivity index (χ1v) is 8.26. The van der Waals surface area contributed by atoms with Crippen LogP contribution in [0.25, 0.3) is 22.1 Å². The van der Waals surface area contributed by atoms with Gasteiger partial charge in [-0.3, -0.25) is 5.10 Å². The summed E-state index contributed by atoms with van der Waals surface area (Å²) in [5.41, 5.74) is 2.62. The van der Waals surface area contributed by atoms with Crippen molar-refractivity contribution in [1.82, 2.24) is 29.7 Å². The van der Waals surface area contributed by atoms with E-state index in [0.29, 0.717) is 12.0 Å². The zero-order valence-corrected chi connectivity index (χ0v) is 13.1. The molecule has 0 saturated heterocycles. The first kappa shape index (κ1) is 13.5. The third-order valence-electron chi connectivity index (χ3n) is 4.72. The van der Waals surface area contributed by atoms with Gasteiger partial charge in [-0.1, -0.05) is 12.8 Å². The lowest BCUT2D eigenvalue weighted by molar-refractivity contribution is 0.532. The van der Waals surface area contributed by atoms with E-state index in [1.165, 1.54) is 25.7 Å². The van der Waals surface area contributed by atoms with Gasteiger partial charge in [0.1, 0.15) is 5.65 Å². The van der Waals surface area contributed by atoms with Crippen LogP contribution >= 0.6 is 0 Å². The minimum atomic E-state index is 0.564.